The van der Waals surface area contributed by atoms with Crippen LogP contribution in [0.1, 0.15) is 32.6 Å². The van der Waals surface area contributed by atoms with Crippen LogP contribution in [0, 0.1) is 5.41 Å². The SMILES string of the molecule is CCCC1(C(=O)O)CCCOC1. The second kappa shape index (κ2) is 3.90. The van der Waals surface area contributed by atoms with Crippen LogP contribution < -0.4 is 0 Å². The van der Waals surface area contributed by atoms with Crippen LogP contribution in [0.5, 0.6) is 0 Å². The minimum Gasteiger partial charge on any atom is -0.481 e. The van der Waals surface area contributed by atoms with E-state index in [4.69, 9.17) is 9.84 Å². The fraction of sp³-hybridized carbons (Fsp3) is 0.889. The first-order valence-corrected chi connectivity index (χ1v) is 4.52. The standard InChI is InChI=1S/C9H16O3/c1-2-4-9(8(10)11)5-3-6-12-7-9/h2-7H2,1H3,(H,10,11). The van der Waals surface area contributed by atoms with E-state index >= 15 is 0 Å². The molecule has 0 radical (unpaired) electrons. The lowest BCUT2D eigenvalue weighted by molar-refractivity contribution is -0.158. The van der Waals surface area contributed by atoms with E-state index in [0.717, 1.165) is 32.3 Å². The summed E-state index contributed by atoms with van der Waals surface area (Å²) < 4.78 is 5.22. The Bertz CT molecular complexity index is 154. The first-order valence-electron chi connectivity index (χ1n) is 4.52. The van der Waals surface area contributed by atoms with Gasteiger partial charge in [0.1, 0.15) is 0 Å². The summed E-state index contributed by atoms with van der Waals surface area (Å²) in [5.41, 5.74) is -0.576. The van der Waals surface area contributed by atoms with E-state index in [1.54, 1.807) is 0 Å². The maximum absolute atomic E-state index is 11.0. The van der Waals surface area contributed by atoms with Crippen LogP contribution in [-0.4, -0.2) is 24.3 Å². The second-order valence-electron chi connectivity index (χ2n) is 3.49. The first-order chi connectivity index (χ1) is 5.71. The minimum atomic E-state index is -0.691. The lowest BCUT2D eigenvalue weighted by Crippen LogP contribution is -2.39. The fourth-order valence-corrected chi connectivity index (χ4v) is 1.80. The zero-order valence-electron chi connectivity index (χ0n) is 7.51. The molecule has 1 fully saturated rings. The third kappa shape index (κ3) is 1.78. The van der Waals surface area contributed by atoms with E-state index in [9.17, 15) is 4.79 Å². The molecule has 1 rings (SSSR count). The number of aliphatic carboxylic acids is 1. The molecular weight excluding hydrogens is 156 g/mol. The summed E-state index contributed by atoms with van der Waals surface area (Å²) >= 11 is 0. The van der Waals surface area contributed by atoms with Gasteiger partial charge in [-0.1, -0.05) is 13.3 Å². The Hall–Kier alpha value is -0.570. The lowest BCUT2D eigenvalue weighted by Gasteiger charge is -2.32. The minimum absolute atomic E-state index is 0.399. The molecule has 1 aliphatic heterocycles. The Kier molecular flexibility index (Phi) is 3.09. The Morgan fingerprint density at radius 2 is 2.42 bits per heavy atom. The Morgan fingerprint density at radius 3 is 2.83 bits per heavy atom. The predicted molar refractivity (Wildman–Crippen MR) is 45.0 cm³/mol. The predicted octanol–water partition coefficient (Wildman–Crippen LogP) is 1.67. The molecular formula is C9H16O3. The fourth-order valence-electron chi connectivity index (χ4n) is 1.80. The van der Waals surface area contributed by atoms with Gasteiger partial charge < -0.3 is 9.84 Å². The third-order valence-corrected chi connectivity index (χ3v) is 2.50. The lowest BCUT2D eigenvalue weighted by atomic mass is 9.79. The van der Waals surface area contributed by atoms with Crippen molar-refractivity contribution in [2.24, 2.45) is 5.41 Å². The van der Waals surface area contributed by atoms with Crippen LogP contribution in [0.3, 0.4) is 0 Å². The topological polar surface area (TPSA) is 46.5 Å². The Morgan fingerprint density at radius 1 is 1.67 bits per heavy atom. The van der Waals surface area contributed by atoms with Gasteiger partial charge in [0.25, 0.3) is 0 Å². The van der Waals surface area contributed by atoms with Gasteiger partial charge in [-0.05, 0) is 19.3 Å². The highest BCUT2D eigenvalue weighted by atomic mass is 16.5. The maximum atomic E-state index is 11.0. The van der Waals surface area contributed by atoms with Crippen LogP contribution in [0.15, 0.2) is 0 Å². The molecule has 1 atom stereocenters. The number of carboxylic acids is 1. The van der Waals surface area contributed by atoms with Crippen molar-refractivity contribution in [1.29, 1.82) is 0 Å². The molecule has 1 N–H and O–H groups in total. The van der Waals surface area contributed by atoms with Gasteiger partial charge in [0.2, 0.25) is 0 Å². The molecule has 0 aromatic carbocycles. The second-order valence-corrected chi connectivity index (χ2v) is 3.49. The van der Waals surface area contributed by atoms with Gasteiger partial charge >= 0.3 is 5.97 Å². The quantitative estimate of drug-likeness (QED) is 0.704. The number of ether oxygens (including phenoxy) is 1. The normalized spacial score (nSPS) is 30.1. The van der Waals surface area contributed by atoms with Crippen molar-refractivity contribution in [2.45, 2.75) is 32.6 Å². The van der Waals surface area contributed by atoms with Crippen molar-refractivity contribution in [3.8, 4) is 0 Å². The molecule has 1 aliphatic rings. The summed E-state index contributed by atoms with van der Waals surface area (Å²) in [6.07, 6.45) is 3.31. The van der Waals surface area contributed by atoms with Crippen LogP contribution >= 0.6 is 0 Å². The highest BCUT2D eigenvalue weighted by Gasteiger charge is 2.39. The van der Waals surface area contributed by atoms with Gasteiger partial charge in [0.15, 0.2) is 0 Å². The average molecular weight is 172 g/mol. The zero-order valence-corrected chi connectivity index (χ0v) is 7.51. The molecule has 0 spiro atoms. The molecule has 0 bridgehead atoms. The summed E-state index contributed by atoms with van der Waals surface area (Å²) in [5, 5.41) is 9.04. The molecule has 70 valence electrons. The smallest absolute Gasteiger partial charge is 0.311 e. The number of carboxylic acid groups (broad SMARTS) is 1. The van der Waals surface area contributed by atoms with Gasteiger partial charge in [-0.15, -0.1) is 0 Å². The van der Waals surface area contributed by atoms with E-state index in [1.165, 1.54) is 0 Å². The zero-order chi connectivity index (χ0) is 9.03. The third-order valence-electron chi connectivity index (χ3n) is 2.50. The summed E-state index contributed by atoms with van der Waals surface area (Å²) in [4.78, 5) is 11.0. The summed E-state index contributed by atoms with van der Waals surface area (Å²) in [5.74, 6) is -0.691. The van der Waals surface area contributed by atoms with E-state index < -0.39 is 11.4 Å². The van der Waals surface area contributed by atoms with E-state index in [-0.39, 0.29) is 0 Å². The number of hydrogen-bond donors (Lipinski definition) is 1. The molecule has 3 nitrogen and oxygen atoms in total. The van der Waals surface area contributed by atoms with Crippen molar-refractivity contribution in [3.63, 3.8) is 0 Å². The van der Waals surface area contributed by atoms with Gasteiger partial charge in [-0.2, -0.15) is 0 Å². The molecule has 0 aromatic heterocycles. The number of rotatable bonds is 3. The molecule has 0 saturated carbocycles. The van der Waals surface area contributed by atoms with Crippen molar-refractivity contribution in [2.75, 3.05) is 13.2 Å². The molecule has 0 amide bonds. The molecule has 0 aromatic rings. The van der Waals surface area contributed by atoms with Gasteiger partial charge in [0, 0.05) is 6.61 Å². The van der Waals surface area contributed by atoms with Gasteiger partial charge in [-0.3, -0.25) is 4.79 Å². The summed E-state index contributed by atoms with van der Waals surface area (Å²) in [6, 6.07) is 0. The van der Waals surface area contributed by atoms with Crippen LogP contribution in [0.25, 0.3) is 0 Å². The van der Waals surface area contributed by atoms with Crippen molar-refractivity contribution in [1.82, 2.24) is 0 Å². The Balaban J connectivity index is 2.63. The average Bonchev–Trinajstić information content (AvgIpc) is 2.06. The van der Waals surface area contributed by atoms with E-state index in [2.05, 4.69) is 0 Å². The largest absolute Gasteiger partial charge is 0.481 e. The number of carbonyl (C=O) groups is 1. The van der Waals surface area contributed by atoms with E-state index in [1.807, 2.05) is 6.92 Å². The van der Waals surface area contributed by atoms with Crippen LogP contribution in [0.4, 0.5) is 0 Å². The van der Waals surface area contributed by atoms with Crippen molar-refractivity contribution < 1.29 is 14.6 Å². The molecule has 3 heteroatoms. The highest BCUT2D eigenvalue weighted by Crippen LogP contribution is 2.33. The maximum Gasteiger partial charge on any atom is 0.311 e. The highest BCUT2D eigenvalue weighted by molar-refractivity contribution is 5.74. The number of hydrogen-bond acceptors (Lipinski definition) is 2. The van der Waals surface area contributed by atoms with Crippen molar-refractivity contribution >= 4 is 5.97 Å². The van der Waals surface area contributed by atoms with Crippen LogP contribution in [-0.2, 0) is 9.53 Å². The molecule has 0 aliphatic carbocycles. The molecule has 1 saturated heterocycles. The summed E-state index contributed by atoms with van der Waals surface area (Å²) in [7, 11) is 0. The van der Waals surface area contributed by atoms with Crippen molar-refractivity contribution in [3.05, 3.63) is 0 Å². The first kappa shape index (κ1) is 9.52. The molecule has 12 heavy (non-hydrogen) atoms. The Labute approximate surface area is 72.7 Å². The van der Waals surface area contributed by atoms with E-state index in [0.29, 0.717) is 6.61 Å². The van der Waals surface area contributed by atoms with Gasteiger partial charge in [-0.25, -0.2) is 0 Å². The van der Waals surface area contributed by atoms with Crippen LogP contribution in [0.2, 0.25) is 0 Å². The monoisotopic (exact) mass is 172 g/mol. The molecule has 1 heterocycles. The molecule has 1 unspecified atom stereocenters. The summed E-state index contributed by atoms with van der Waals surface area (Å²) in [6.45, 7) is 3.13. The van der Waals surface area contributed by atoms with Gasteiger partial charge in [0.05, 0.1) is 12.0 Å².